The van der Waals surface area contributed by atoms with E-state index in [-0.39, 0.29) is 25.6 Å². The Kier molecular flexibility index (Phi) is 19.1. The number of furan rings is 2. The third kappa shape index (κ3) is 12.9. The van der Waals surface area contributed by atoms with Crippen LogP contribution in [-0.2, 0) is 5.41 Å². The third-order valence-electron chi connectivity index (χ3n) is 29.6. The number of hydrogen-bond donors (Lipinski definition) is 0. The van der Waals surface area contributed by atoms with Crippen LogP contribution in [0.4, 0.5) is 96.9 Å². The Labute approximate surface area is 830 Å². The van der Waals surface area contributed by atoms with Crippen LogP contribution in [0, 0.1) is 20.8 Å². The highest BCUT2D eigenvalue weighted by Crippen LogP contribution is 2.56. The van der Waals surface area contributed by atoms with Gasteiger partial charge in [0, 0.05) is 153 Å². The number of rotatable bonds is 8. The minimum Gasteiger partial charge on any atom is -0.476 e. The Morgan fingerprint density at radius 2 is 0.771 bits per heavy atom. The van der Waals surface area contributed by atoms with Gasteiger partial charge in [0.2, 0.25) is 5.88 Å². The Bertz CT molecular complexity index is 9050. The second-order valence-electron chi connectivity index (χ2n) is 39.0. The number of hydrogen-bond acceptors (Lipinski definition) is 12. The molecule has 0 spiro atoms. The molecule has 15 heteroatoms. The first-order valence-corrected chi connectivity index (χ1v) is 51.9. The summed E-state index contributed by atoms with van der Waals surface area (Å²) >= 11 is 7.70. The topological polar surface area (TPSA) is 45.7 Å². The van der Waals surface area contributed by atoms with E-state index in [9.17, 15) is 0 Å². The Morgan fingerprint density at radius 1 is 0.321 bits per heavy atom. The van der Waals surface area contributed by atoms with E-state index in [1.54, 1.807) is 0 Å². The van der Waals surface area contributed by atoms with Gasteiger partial charge in [-0.05, 0) is 294 Å². The maximum Gasteiger partial charge on any atom is 0.297 e. The second kappa shape index (κ2) is 32.3. The molecule has 0 atom stereocenters. The van der Waals surface area contributed by atoms with Crippen LogP contribution in [0.1, 0.15) is 49.4 Å². The molecule has 0 bridgehead atoms. The van der Waals surface area contributed by atoms with E-state index >= 15 is 0 Å². The van der Waals surface area contributed by atoms with Crippen molar-refractivity contribution in [1.82, 2.24) is 0 Å². The first kappa shape index (κ1) is 82.8. The zero-order valence-corrected chi connectivity index (χ0v) is 81.2. The fraction of sp³-hybridized carbons (Fsp3) is 0.0720. The molecule has 0 saturated heterocycles. The highest BCUT2D eigenvalue weighted by molar-refractivity contribution is 8.05. The summed E-state index contributed by atoms with van der Waals surface area (Å²) in [6.07, 6.45) is 2.93. The van der Waals surface area contributed by atoms with Gasteiger partial charge in [0.25, 0.3) is 20.1 Å². The van der Waals surface area contributed by atoms with E-state index in [4.69, 9.17) is 8.83 Å². The average molecular weight is 1870 g/mol. The number of nitrogens with zero attached hydrogens (tertiary/aromatic N) is 6. The summed E-state index contributed by atoms with van der Waals surface area (Å²) in [6.45, 7) is 13.7. The first-order valence-electron chi connectivity index (χ1n) is 48.4. The minimum absolute atomic E-state index is 0.0139. The number of anilines is 17. The van der Waals surface area contributed by atoms with Crippen molar-refractivity contribution in [3.05, 3.63) is 439 Å². The molecule has 8 nitrogen and oxygen atoms in total. The average Bonchev–Trinajstić information content (AvgIpc) is 1.45. The van der Waals surface area contributed by atoms with E-state index in [1.807, 2.05) is 40.3 Å². The number of thioether (sulfide) groups is 1. The van der Waals surface area contributed by atoms with Crippen molar-refractivity contribution in [2.24, 2.45) is 0 Å². The smallest absolute Gasteiger partial charge is 0.297 e. The molecular formula is C125H89B3N6O2S4. The third-order valence-corrected chi connectivity index (χ3v) is 34.0. The predicted octanol–water partition coefficient (Wildman–Crippen LogP) is 30.7. The Morgan fingerprint density at radius 3 is 1.34 bits per heavy atom. The quantitative estimate of drug-likeness (QED) is 0.109. The van der Waals surface area contributed by atoms with Crippen molar-refractivity contribution < 1.29 is 8.83 Å². The van der Waals surface area contributed by atoms with Crippen molar-refractivity contribution in [2.45, 2.75) is 53.4 Å². The van der Waals surface area contributed by atoms with Gasteiger partial charge in [0.05, 0.1) is 17.6 Å². The molecule has 0 amide bonds. The minimum atomic E-state index is -0.0508. The lowest BCUT2D eigenvalue weighted by atomic mass is 9.33. The number of aryl methyl sites for hydroxylation is 3. The zero-order chi connectivity index (χ0) is 93.0. The molecule has 18 aromatic carbocycles. The summed E-state index contributed by atoms with van der Waals surface area (Å²) in [7, 11) is 0. The van der Waals surface area contributed by atoms with Gasteiger partial charge in [0.15, 0.2) is 0 Å². The van der Waals surface area contributed by atoms with Crippen LogP contribution in [-0.4, -0.2) is 25.9 Å². The van der Waals surface area contributed by atoms with Crippen molar-refractivity contribution in [1.29, 1.82) is 0 Å². The second-order valence-corrected chi connectivity index (χ2v) is 43.2. The molecule has 7 aliphatic heterocycles. The predicted molar refractivity (Wildman–Crippen MR) is 604 cm³/mol. The number of thiophene rings is 3. The van der Waals surface area contributed by atoms with Gasteiger partial charge in [-0.2, -0.15) is 0 Å². The van der Waals surface area contributed by atoms with Crippen LogP contribution < -0.4 is 73.3 Å². The van der Waals surface area contributed by atoms with Crippen LogP contribution in [0.3, 0.4) is 0 Å². The lowest BCUT2D eigenvalue weighted by Gasteiger charge is -2.44. The molecule has 0 N–H and O–H groups in total. The number of para-hydroxylation sites is 6. The van der Waals surface area contributed by atoms with Crippen molar-refractivity contribution >= 4 is 280 Å². The summed E-state index contributed by atoms with van der Waals surface area (Å²) in [5.41, 5.74) is 40.7. The molecule has 23 aromatic rings. The maximum absolute atomic E-state index is 7.09. The molecule has 30 rings (SSSR count). The SMILES string of the molecule is Cc1cc2c3c(c1)N(c1ccccc1)c1cc4scc(-c5ccccc5)c4cc1B3C1=C(CCS1)N2c1ccccc1.Cc1cc2c3c(c1)N(c1ccccc1)c1ccoc1B3c1cc3cc(-c4ccccc4)sc3cc1N2c1ccccc1.Cc1cc2c3c(c1)N(c1ccccc1)c1oc4ccc(C(C)(C)C)cc4c1B3c1cc3sc4c5ccccc5c5ccccc5c4c3cc1N2c1ccccc1. The number of allylic oxidation sites excluding steroid dienone is 1. The van der Waals surface area contributed by atoms with Crippen LogP contribution >= 0.6 is 45.8 Å². The van der Waals surface area contributed by atoms with Gasteiger partial charge in [-0.15, -0.1) is 45.8 Å². The number of benzene rings is 18. The van der Waals surface area contributed by atoms with Crippen LogP contribution in [0.15, 0.2) is 425 Å². The fourth-order valence-electron chi connectivity index (χ4n) is 23.6. The van der Waals surface area contributed by atoms with Gasteiger partial charge in [-0.3, -0.25) is 4.90 Å². The molecule has 0 radical (unpaired) electrons. The molecular weight excluding hydrogens is 1780 g/mol. The first-order chi connectivity index (χ1) is 68.8. The standard InChI is InChI=1S/C51H37BN2OS.C37H25BN2OS.C37H27BN2S2/c1-30-25-42-48-43(26-30)54(33-17-9-6-10-18-33)50-47(38-27-31(51(2,3)4)23-24-44(38)55-50)52(48)40-29-45-39(28-41(40)53(42)32-15-7-5-8-16-32)46-36-21-13-11-19-34(36)35-20-12-14-22-37(35)49(46)56-45;1-24-19-32-36-33(20-24)40(28-15-9-4-10-16-28)31-23-35-26(22-34(42-35)25-11-5-2-6-12-25)21-29(31)38(36)37-30(17-18-41-37)39(32)27-13-7-3-8-14-27;1-24-19-33-36-34(20-24)40(27-15-9-4-10-16-27)32-22-35-28(29(23-42-35)25-11-5-2-6-12-25)21-30(32)38(36)37-31(17-18-41-37)39(33)26-13-7-3-8-14-26/h5-29H,1-4H3;2-23H,1H3;2-16,19-23H,17-18H2,1H3. The van der Waals surface area contributed by atoms with Crippen LogP contribution in [0.5, 0.6) is 0 Å². The molecule has 140 heavy (non-hydrogen) atoms. The largest absolute Gasteiger partial charge is 0.476 e. The van der Waals surface area contributed by atoms with Gasteiger partial charge >= 0.3 is 0 Å². The lowest BCUT2D eigenvalue weighted by Crippen LogP contribution is -2.61. The summed E-state index contributed by atoms with van der Waals surface area (Å²) < 4.78 is 18.8. The van der Waals surface area contributed by atoms with Crippen molar-refractivity contribution in [2.75, 3.05) is 35.2 Å². The molecule has 0 aliphatic carbocycles. The Balaban J connectivity index is 0.000000105. The van der Waals surface area contributed by atoms with E-state index in [0.717, 1.165) is 57.7 Å². The number of fused-ring (bicyclic) bond motifs is 23. The van der Waals surface area contributed by atoms with Gasteiger partial charge in [-0.25, -0.2) is 0 Å². The van der Waals surface area contributed by atoms with Crippen LogP contribution in [0.2, 0.25) is 0 Å². The van der Waals surface area contributed by atoms with E-state index in [1.165, 1.54) is 222 Å². The van der Waals surface area contributed by atoms with E-state index in [0.29, 0.717) is 0 Å². The van der Waals surface area contributed by atoms with Gasteiger partial charge < -0.3 is 33.3 Å². The lowest BCUT2D eigenvalue weighted by molar-refractivity contribution is 0.589. The Hall–Kier alpha value is -15.5. The monoisotopic (exact) mass is 1870 g/mol. The molecule has 0 saturated carbocycles. The maximum atomic E-state index is 7.09. The summed E-state index contributed by atoms with van der Waals surface area (Å²) in [4.78, 5) is 17.6. The van der Waals surface area contributed by atoms with Crippen LogP contribution in [0.25, 0.3) is 94.4 Å². The van der Waals surface area contributed by atoms with Gasteiger partial charge in [-0.1, -0.05) is 257 Å². The van der Waals surface area contributed by atoms with E-state index in [2.05, 4.69) is 482 Å². The highest BCUT2D eigenvalue weighted by Gasteiger charge is 2.51. The fourth-order valence-corrected chi connectivity index (χ4v) is 28.3. The van der Waals surface area contributed by atoms with Crippen molar-refractivity contribution in [3.8, 4) is 21.6 Å². The molecule has 12 heterocycles. The molecule has 0 unspecified atom stereocenters. The summed E-state index contributed by atoms with van der Waals surface area (Å²) in [5, 5.41) is 14.0. The molecule has 664 valence electrons. The zero-order valence-electron chi connectivity index (χ0n) is 78.0. The normalized spacial score (nSPS) is 14.0. The molecule has 0 fully saturated rings. The molecule has 5 aromatic heterocycles. The van der Waals surface area contributed by atoms with Gasteiger partial charge in [0.1, 0.15) is 5.58 Å². The van der Waals surface area contributed by atoms with Crippen molar-refractivity contribution in [3.63, 3.8) is 0 Å². The highest BCUT2D eigenvalue weighted by atomic mass is 32.2. The van der Waals surface area contributed by atoms with E-state index < -0.39 is 0 Å². The summed E-state index contributed by atoms with van der Waals surface area (Å²) in [5.74, 6) is 2.03. The molecule has 7 aliphatic rings. The summed E-state index contributed by atoms with van der Waals surface area (Å²) in [6, 6.07) is 145.